The first-order chi connectivity index (χ1) is 9.34. The van der Waals surface area contributed by atoms with E-state index >= 15 is 0 Å². The number of rotatable bonds is 3. The summed E-state index contributed by atoms with van der Waals surface area (Å²) < 4.78 is 1.37. The topological polar surface area (TPSA) is 89.5 Å². The van der Waals surface area contributed by atoms with Gasteiger partial charge in [0.05, 0.1) is 0 Å². The lowest BCUT2D eigenvalue weighted by Gasteiger charge is -2.23. The van der Waals surface area contributed by atoms with Gasteiger partial charge in [0.1, 0.15) is 11.2 Å². The standard InChI is InChI=1S/C14H18N4O2.ClH/c1-9-4-5-11-16-6-10(13(20)18(11)7-9)12(19)17-14(2,3)8-15;/h4-7H,8,15H2,1-3H3,(H,17,19);1H. The van der Waals surface area contributed by atoms with Crippen LogP contribution in [0.15, 0.2) is 29.3 Å². The lowest BCUT2D eigenvalue weighted by Crippen LogP contribution is -2.50. The summed E-state index contributed by atoms with van der Waals surface area (Å²) in [5.41, 5.74) is 6.04. The van der Waals surface area contributed by atoms with Gasteiger partial charge in [-0.05, 0) is 32.4 Å². The van der Waals surface area contributed by atoms with Crippen LogP contribution in [0.4, 0.5) is 0 Å². The number of carbonyl (C=O) groups excluding carboxylic acids is 1. The summed E-state index contributed by atoms with van der Waals surface area (Å²) >= 11 is 0. The molecular formula is C14H19ClN4O2. The highest BCUT2D eigenvalue weighted by molar-refractivity contribution is 5.94. The molecule has 0 aliphatic carbocycles. The second-order valence-corrected chi connectivity index (χ2v) is 5.45. The van der Waals surface area contributed by atoms with Crippen molar-refractivity contribution in [1.29, 1.82) is 0 Å². The number of nitrogens with zero attached hydrogens (tertiary/aromatic N) is 2. The number of amides is 1. The summed E-state index contributed by atoms with van der Waals surface area (Å²) in [4.78, 5) is 28.6. The minimum Gasteiger partial charge on any atom is -0.346 e. The average Bonchev–Trinajstić information content (AvgIpc) is 2.39. The number of aromatic nitrogens is 2. The molecule has 7 heteroatoms. The SMILES string of the molecule is Cc1ccc2ncc(C(=O)NC(C)(C)CN)c(=O)n2c1.Cl. The van der Waals surface area contributed by atoms with Crippen LogP contribution < -0.4 is 16.6 Å². The highest BCUT2D eigenvalue weighted by Crippen LogP contribution is 2.04. The molecule has 0 spiro atoms. The fraction of sp³-hybridized carbons (Fsp3) is 0.357. The summed E-state index contributed by atoms with van der Waals surface area (Å²) in [6.45, 7) is 5.73. The number of hydrogen-bond acceptors (Lipinski definition) is 4. The molecule has 2 rings (SSSR count). The van der Waals surface area contributed by atoms with E-state index in [4.69, 9.17) is 5.73 Å². The van der Waals surface area contributed by atoms with Gasteiger partial charge in [-0.3, -0.25) is 14.0 Å². The third kappa shape index (κ3) is 3.59. The van der Waals surface area contributed by atoms with Gasteiger partial charge in [-0.2, -0.15) is 0 Å². The maximum absolute atomic E-state index is 12.3. The van der Waals surface area contributed by atoms with Gasteiger partial charge >= 0.3 is 0 Å². The number of nitrogens with two attached hydrogens (primary N) is 1. The van der Waals surface area contributed by atoms with Crippen LogP contribution in [0.1, 0.15) is 29.8 Å². The Morgan fingerprint density at radius 2 is 2.10 bits per heavy atom. The van der Waals surface area contributed by atoms with Gasteiger partial charge in [-0.1, -0.05) is 6.07 Å². The number of fused-ring (bicyclic) bond motifs is 1. The molecule has 0 bridgehead atoms. The van der Waals surface area contributed by atoms with E-state index in [1.165, 1.54) is 10.6 Å². The number of pyridine rings is 1. The lowest BCUT2D eigenvalue weighted by atomic mass is 10.1. The molecule has 2 aromatic rings. The summed E-state index contributed by atoms with van der Waals surface area (Å²) in [5.74, 6) is -0.464. The largest absolute Gasteiger partial charge is 0.346 e. The van der Waals surface area contributed by atoms with Gasteiger partial charge in [-0.15, -0.1) is 12.4 Å². The molecule has 3 N–H and O–H groups in total. The van der Waals surface area contributed by atoms with Gasteiger partial charge in [0.2, 0.25) is 0 Å². The van der Waals surface area contributed by atoms with Crippen LogP contribution in [-0.2, 0) is 0 Å². The van der Waals surface area contributed by atoms with Crippen LogP contribution in [0.25, 0.3) is 5.65 Å². The zero-order valence-electron chi connectivity index (χ0n) is 12.2. The van der Waals surface area contributed by atoms with Gasteiger partial charge in [-0.25, -0.2) is 4.98 Å². The molecule has 0 fully saturated rings. The first kappa shape index (κ1) is 17.1. The fourth-order valence-corrected chi connectivity index (χ4v) is 1.76. The summed E-state index contributed by atoms with van der Waals surface area (Å²) in [6.07, 6.45) is 2.96. The smallest absolute Gasteiger partial charge is 0.270 e. The van der Waals surface area contributed by atoms with Crippen molar-refractivity contribution >= 4 is 24.0 Å². The zero-order valence-corrected chi connectivity index (χ0v) is 13.0. The Morgan fingerprint density at radius 3 is 2.71 bits per heavy atom. The molecule has 114 valence electrons. The zero-order chi connectivity index (χ0) is 14.9. The van der Waals surface area contributed by atoms with Gasteiger partial charge in [0, 0.05) is 24.5 Å². The second-order valence-electron chi connectivity index (χ2n) is 5.45. The van der Waals surface area contributed by atoms with Crippen molar-refractivity contribution in [2.24, 2.45) is 5.73 Å². The van der Waals surface area contributed by atoms with Gasteiger partial charge in [0.15, 0.2) is 0 Å². The first-order valence-electron chi connectivity index (χ1n) is 6.35. The molecule has 0 aliphatic rings. The van der Waals surface area contributed by atoms with E-state index in [0.717, 1.165) is 5.56 Å². The summed E-state index contributed by atoms with van der Waals surface area (Å²) in [5, 5.41) is 2.73. The Hall–Kier alpha value is -1.92. The number of halogens is 1. The van der Waals surface area contributed by atoms with E-state index in [0.29, 0.717) is 5.65 Å². The molecule has 0 aliphatic heterocycles. The minimum absolute atomic E-state index is 0. The molecule has 2 aromatic heterocycles. The fourth-order valence-electron chi connectivity index (χ4n) is 1.76. The summed E-state index contributed by atoms with van der Waals surface area (Å²) in [7, 11) is 0. The van der Waals surface area contributed by atoms with Crippen molar-refractivity contribution in [2.75, 3.05) is 6.54 Å². The van der Waals surface area contributed by atoms with E-state index in [2.05, 4.69) is 10.3 Å². The molecule has 0 aromatic carbocycles. The van der Waals surface area contributed by atoms with E-state index in [1.54, 1.807) is 26.1 Å². The van der Waals surface area contributed by atoms with Crippen molar-refractivity contribution in [3.05, 3.63) is 46.0 Å². The van der Waals surface area contributed by atoms with E-state index in [1.807, 2.05) is 13.0 Å². The monoisotopic (exact) mass is 310 g/mol. The van der Waals surface area contributed by atoms with Crippen molar-refractivity contribution in [3.63, 3.8) is 0 Å². The maximum Gasteiger partial charge on any atom is 0.270 e. The van der Waals surface area contributed by atoms with Crippen LogP contribution in [0, 0.1) is 6.92 Å². The lowest BCUT2D eigenvalue weighted by molar-refractivity contribution is 0.0913. The molecule has 0 radical (unpaired) electrons. The predicted molar refractivity (Wildman–Crippen MR) is 84.0 cm³/mol. The van der Waals surface area contributed by atoms with E-state index in [-0.39, 0.29) is 30.1 Å². The average molecular weight is 311 g/mol. The van der Waals surface area contributed by atoms with Gasteiger partial charge in [0.25, 0.3) is 11.5 Å². The van der Waals surface area contributed by atoms with Crippen molar-refractivity contribution in [2.45, 2.75) is 26.3 Å². The van der Waals surface area contributed by atoms with Gasteiger partial charge < -0.3 is 11.1 Å². The van der Waals surface area contributed by atoms with Crippen molar-refractivity contribution < 1.29 is 4.79 Å². The van der Waals surface area contributed by atoms with E-state index < -0.39 is 11.4 Å². The van der Waals surface area contributed by atoms with E-state index in [9.17, 15) is 9.59 Å². The Kier molecular flexibility index (Phi) is 5.09. The molecule has 21 heavy (non-hydrogen) atoms. The summed E-state index contributed by atoms with van der Waals surface area (Å²) in [6, 6.07) is 3.60. The van der Waals surface area contributed by atoms with Crippen LogP contribution in [-0.4, -0.2) is 27.4 Å². The highest BCUT2D eigenvalue weighted by Gasteiger charge is 2.21. The van der Waals surface area contributed by atoms with Crippen molar-refractivity contribution in [3.8, 4) is 0 Å². The minimum atomic E-state index is -0.574. The third-order valence-corrected chi connectivity index (χ3v) is 3.06. The Bertz CT molecular complexity index is 724. The molecule has 0 saturated carbocycles. The molecule has 2 heterocycles. The first-order valence-corrected chi connectivity index (χ1v) is 6.35. The number of nitrogens with one attached hydrogen (secondary N) is 1. The second kappa shape index (κ2) is 6.24. The molecule has 0 saturated heterocycles. The number of hydrogen-bond donors (Lipinski definition) is 2. The Labute approximate surface area is 128 Å². The Morgan fingerprint density at radius 1 is 1.43 bits per heavy atom. The number of carbonyl (C=O) groups is 1. The van der Waals surface area contributed by atoms with Crippen LogP contribution >= 0.6 is 12.4 Å². The normalized spacial score (nSPS) is 11.0. The molecule has 6 nitrogen and oxygen atoms in total. The third-order valence-electron chi connectivity index (χ3n) is 3.06. The van der Waals surface area contributed by atoms with Crippen LogP contribution in [0.2, 0.25) is 0 Å². The van der Waals surface area contributed by atoms with Crippen LogP contribution in [0.5, 0.6) is 0 Å². The molecule has 0 unspecified atom stereocenters. The highest BCUT2D eigenvalue weighted by atomic mass is 35.5. The Balaban J connectivity index is 0.00000220. The number of aryl methyl sites for hydroxylation is 1. The van der Waals surface area contributed by atoms with Crippen molar-refractivity contribution in [1.82, 2.24) is 14.7 Å². The van der Waals surface area contributed by atoms with Crippen LogP contribution in [0.3, 0.4) is 0 Å². The molecule has 1 amide bonds. The predicted octanol–water partition coefficient (Wildman–Crippen LogP) is 0.892. The maximum atomic E-state index is 12.3. The quantitative estimate of drug-likeness (QED) is 0.881. The molecular weight excluding hydrogens is 292 g/mol. The molecule has 0 atom stereocenters.